The molecule has 0 aliphatic heterocycles. The number of aryl methyl sites for hydroxylation is 1. The van der Waals surface area contributed by atoms with Gasteiger partial charge in [-0.05, 0) is 12.5 Å². The van der Waals surface area contributed by atoms with Gasteiger partial charge < -0.3 is 11.1 Å². The van der Waals surface area contributed by atoms with Crippen LogP contribution >= 0.6 is 12.2 Å². The van der Waals surface area contributed by atoms with Crippen LogP contribution in [0.1, 0.15) is 25.5 Å². The topological polar surface area (TPSA) is 72.9 Å². The van der Waals surface area contributed by atoms with E-state index in [1.165, 1.54) is 0 Å². The summed E-state index contributed by atoms with van der Waals surface area (Å²) in [6.45, 7) is 2.44. The Bertz CT molecular complexity index is 402. The number of hydrogen-bond acceptors (Lipinski definition) is 3. The summed E-state index contributed by atoms with van der Waals surface area (Å²) in [7, 11) is 1.83. The second kappa shape index (κ2) is 6.34. The van der Waals surface area contributed by atoms with Crippen LogP contribution < -0.4 is 11.1 Å². The van der Waals surface area contributed by atoms with E-state index in [4.69, 9.17) is 18.0 Å². The minimum absolute atomic E-state index is 0.111. The zero-order valence-corrected chi connectivity index (χ0v) is 11.0. The predicted molar refractivity (Wildman–Crippen MR) is 70.2 cm³/mol. The van der Waals surface area contributed by atoms with Gasteiger partial charge in [-0.1, -0.05) is 25.6 Å². The van der Waals surface area contributed by atoms with Gasteiger partial charge in [-0.15, -0.1) is 0 Å². The first kappa shape index (κ1) is 13.6. The summed E-state index contributed by atoms with van der Waals surface area (Å²) in [6.07, 6.45) is 3.26. The van der Waals surface area contributed by atoms with Gasteiger partial charge in [0.1, 0.15) is 0 Å². The van der Waals surface area contributed by atoms with Gasteiger partial charge in [0.25, 0.3) is 0 Å². The average Bonchev–Trinajstić information content (AvgIpc) is 2.68. The first-order valence-electron chi connectivity index (χ1n) is 5.60. The van der Waals surface area contributed by atoms with Gasteiger partial charge in [0.05, 0.1) is 23.1 Å². The number of hydrogen-bond donors (Lipinski definition) is 2. The predicted octanol–water partition coefficient (Wildman–Crippen LogP) is 0.739. The molecule has 1 aromatic heterocycles. The molecule has 0 bridgehead atoms. The van der Waals surface area contributed by atoms with Crippen LogP contribution in [0.5, 0.6) is 0 Å². The molecule has 1 unspecified atom stereocenters. The third-order valence-corrected chi connectivity index (χ3v) is 2.89. The standard InChI is InChI=1S/C11H18N4OS/c1-3-4-9(10(12)17)11(16)13-7-8-5-6-14-15(8)2/h5-6,9H,3-4,7H2,1-2H3,(H2,12,17)(H,13,16). The zero-order valence-electron chi connectivity index (χ0n) is 10.1. The van der Waals surface area contributed by atoms with Gasteiger partial charge in [0, 0.05) is 13.2 Å². The Balaban J connectivity index is 2.53. The molecular formula is C11H18N4OS. The number of amides is 1. The SMILES string of the molecule is CCCC(C(=O)NCc1ccnn1C)C(N)=S. The number of rotatable bonds is 6. The lowest BCUT2D eigenvalue weighted by Crippen LogP contribution is -2.37. The molecule has 1 atom stereocenters. The fourth-order valence-corrected chi connectivity index (χ4v) is 1.79. The molecule has 0 aromatic carbocycles. The Morgan fingerprint density at radius 3 is 2.88 bits per heavy atom. The molecule has 0 saturated heterocycles. The molecule has 0 fully saturated rings. The average molecular weight is 254 g/mol. The number of thiocarbonyl (C=S) groups is 1. The minimum atomic E-state index is -0.372. The summed E-state index contributed by atoms with van der Waals surface area (Å²) in [5, 5.41) is 6.85. The van der Waals surface area contributed by atoms with E-state index in [9.17, 15) is 4.79 Å². The molecule has 94 valence electrons. The second-order valence-corrected chi connectivity index (χ2v) is 4.38. The van der Waals surface area contributed by atoms with Crippen LogP contribution in [-0.4, -0.2) is 20.7 Å². The van der Waals surface area contributed by atoms with E-state index in [-0.39, 0.29) is 16.8 Å². The van der Waals surface area contributed by atoms with Crippen LogP contribution in [0.25, 0.3) is 0 Å². The molecule has 0 aliphatic rings. The molecule has 0 radical (unpaired) electrons. The molecule has 1 aromatic rings. The molecular weight excluding hydrogens is 236 g/mol. The van der Waals surface area contributed by atoms with Crippen molar-refractivity contribution in [1.82, 2.24) is 15.1 Å². The number of nitrogens with one attached hydrogen (secondary N) is 1. The molecule has 6 heteroatoms. The Labute approximate surface area is 106 Å². The normalized spacial score (nSPS) is 12.1. The molecule has 5 nitrogen and oxygen atoms in total. The van der Waals surface area contributed by atoms with E-state index in [2.05, 4.69) is 10.4 Å². The molecule has 1 amide bonds. The lowest BCUT2D eigenvalue weighted by atomic mass is 10.0. The van der Waals surface area contributed by atoms with Crippen molar-refractivity contribution in [3.8, 4) is 0 Å². The van der Waals surface area contributed by atoms with E-state index in [0.29, 0.717) is 13.0 Å². The van der Waals surface area contributed by atoms with E-state index >= 15 is 0 Å². The van der Waals surface area contributed by atoms with Gasteiger partial charge >= 0.3 is 0 Å². The fourth-order valence-electron chi connectivity index (χ4n) is 1.57. The van der Waals surface area contributed by atoms with Crippen LogP contribution in [0.2, 0.25) is 0 Å². The fraction of sp³-hybridized carbons (Fsp3) is 0.545. The molecule has 0 aliphatic carbocycles. The third kappa shape index (κ3) is 3.81. The molecule has 1 rings (SSSR count). The summed E-state index contributed by atoms with van der Waals surface area (Å²) in [6, 6.07) is 1.86. The van der Waals surface area contributed by atoms with E-state index in [1.807, 2.05) is 20.0 Å². The van der Waals surface area contributed by atoms with Crippen LogP contribution in [0.4, 0.5) is 0 Å². The molecule has 0 saturated carbocycles. The van der Waals surface area contributed by atoms with Crippen molar-refractivity contribution < 1.29 is 4.79 Å². The van der Waals surface area contributed by atoms with Crippen molar-refractivity contribution in [3.63, 3.8) is 0 Å². The number of aromatic nitrogens is 2. The quantitative estimate of drug-likeness (QED) is 0.734. The van der Waals surface area contributed by atoms with Gasteiger partial charge in [-0.25, -0.2) is 0 Å². The van der Waals surface area contributed by atoms with Crippen LogP contribution in [0, 0.1) is 5.92 Å². The highest BCUT2D eigenvalue weighted by molar-refractivity contribution is 7.80. The summed E-state index contributed by atoms with van der Waals surface area (Å²) in [5.74, 6) is -0.483. The molecule has 3 N–H and O–H groups in total. The van der Waals surface area contributed by atoms with Crippen molar-refractivity contribution in [2.24, 2.45) is 18.7 Å². The smallest absolute Gasteiger partial charge is 0.230 e. The van der Waals surface area contributed by atoms with E-state index in [0.717, 1.165) is 12.1 Å². The summed E-state index contributed by atoms with van der Waals surface area (Å²) in [4.78, 5) is 12.1. The van der Waals surface area contributed by atoms with Crippen molar-refractivity contribution in [2.45, 2.75) is 26.3 Å². The van der Waals surface area contributed by atoms with Crippen molar-refractivity contribution in [3.05, 3.63) is 18.0 Å². The van der Waals surface area contributed by atoms with Crippen LogP contribution in [0.3, 0.4) is 0 Å². The third-order valence-electron chi connectivity index (χ3n) is 2.60. The van der Waals surface area contributed by atoms with Crippen molar-refractivity contribution in [2.75, 3.05) is 0 Å². The van der Waals surface area contributed by atoms with Gasteiger partial charge in [-0.2, -0.15) is 5.10 Å². The largest absolute Gasteiger partial charge is 0.393 e. The summed E-state index contributed by atoms with van der Waals surface area (Å²) in [5.41, 5.74) is 6.50. The number of carbonyl (C=O) groups is 1. The maximum absolute atomic E-state index is 11.9. The van der Waals surface area contributed by atoms with E-state index < -0.39 is 0 Å². The van der Waals surface area contributed by atoms with Gasteiger partial charge in [-0.3, -0.25) is 9.48 Å². The Morgan fingerprint density at radius 1 is 1.71 bits per heavy atom. The zero-order chi connectivity index (χ0) is 12.8. The Kier molecular flexibility index (Phi) is 5.09. The van der Waals surface area contributed by atoms with Gasteiger partial charge in [0.15, 0.2) is 0 Å². The highest BCUT2D eigenvalue weighted by Gasteiger charge is 2.20. The first-order valence-corrected chi connectivity index (χ1v) is 6.01. The highest BCUT2D eigenvalue weighted by atomic mass is 32.1. The van der Waals surface area contributed by atoms with Crippen molar-refractivity contribution >= 4 is 23.1 Å². The maximum Gasteiger partial charge on any atom is 0.230 e. The lowest BCUT2D eigenvalue weighted by molar-refractivity contribution is -0.123. The Hall–Kier alpha value is -1.43. The van der Waals surface area contributed by atoms with E-state index in [1.54, 1.807) is 10.9 Å². The van der Waals surface area contributed by atoms with Crippen LogP contribution in [-0.2, 0) is 18.4 Å². The first-order chi connectivity index (χ1) is 8.06. The maximum atomic E-state index is 11.9. The molecule has 0 spiro atoms. The number of nitrogens with two attached hydrogens (primary N) is 1. The second-order valence-electron chi connectivity index (χ2n) is 3.91. The minimum Gasteiger partial charge on any atom is -0.393 e. The lowest BCUT2D eigenvalue weighted by Gasteiger charge is -2.14. The van der Waals surface area contributed by atoms with Crippen LogP contribution in [0.15, 0.2) is 12.3 Å². The molecule has 17 heavy (non-hydrogen) atoms. The van der Waals surface area contributed by atoms with Gasteiger partial charge in [0.2, 0.25) is 5.91 Å². The monoisotopic (exact) mass is 254 g/mol. The summed E-state index contributed by atoms with van der Waals surface area (Å²) >= 11 is 4.90. The highest BCUT2D eigenvalue weighted by Crippen LogP contribution is 2.07. The number of carbonyl (C=O) groups excluding carboxylic acids is 1. The number of nitrogens with zero attached hydrogens (tertiary/aromatic N) is 2. The van der Waals surface area contributed by atoms with Crippen molar-refractivity contribution in [1.29, 1.82) is 0 Å². The molecule has 1 heterocycles. The summed E-state index contributed by atoms with van der Waals surface area (Å²) < 4.78 is 1.72. The Morgan fingerprint density at radius 2 is 2.41 bits per heavy atom.